The van der Waals surface area contributed by atoms with Crippen LogP contribution in [0.15, 0.2) is 48.9 Å². The summed E-state index contributed by atoms with van der Waals surface area (Å²) in [6.45, 7) is 6.51. The quantitative estimate of drug-likeness (QED) is 0.204. The van der Waals surface area contributed by atoms with Crippen molar-refractivity contribution < 1.29 is 4.74 Å². The molecule has 2 aromatic carbocycles. The van der Waals surface area contributed by atoms with Crippen LogP contribution in [0.5, 0.6) is 5.75 Å². The number of aromatic amines is 1. The van der Waals surface area contributed by atoms with Crippen molar-refractivity contribution >= 4 is 68.2 Å². The van der Waals surface area contributed by atoms with Gasteiger partial charge in [0.05, 0.1) is 45.8 Å². The molecule has 3 N–H and O–H groups in total. The Bertz CT molecular complexity index is 1850. The number of nitrogens with one attached hydrogen (secondary N) is 3. The van der Waals surface area contributed by atoms with Gasteiger partial charge >= 0.3 is 0 Å². The fourth-order valence-electron chi connectivity index (χ4n) is 6.63. The van der Waals surface area contributed by atoms with E-state index in [0.717, 1.165) is 85.6 Å². The number of ether oxygens (including phenoxy) is 1. The lowest BCUT2D eigenvalue weighted by molar-refractivity contribution is 0.0982. The molecule has 3 aromatic heterocycles. The lowest BCUT2D eigenvalue weighted by Crippen LogP contribution is -2.52. The number of rotatable bonds is 8. The second-order valence-corrected chi connectivity index (χ2v) is 12.6. The van der Waals surface area contributed by atoms with Gasteiger partial charge in [-0.15, -0.1) is 0 Å². The lowest BCUT2D eigenvalue weighted by Gasteiger charge is -2.42. The van der Waals surface area contributed by atoms with Crippen molar-refractivity contribution in [3.63, 3.8) is 0 Å². The third kappa shape index (κ3) is 5.95. The smallest absolute Gasteiger partial charge is 0.231 e. The van der Waals surface area contributed by atoms with E-state index in [0.29, 0.717) is 39.9 Å². The Hall–Kier alpha value is -4.39. The summed E-state index contributed by atoms with van der Waals surface area (Å²) in [5, 5.41) is 8.42. The van der Waals surface area contributed by atoms with Crippen molar-refractivity contribution in [2.75, 3.05) is 88.0 Å². The first-order valence-corrected chi connectivity index (χ1v) is 16.1. The molecule has 13 heteroatoms. The molecule has 0 bridgehead atoms. The number of hydrogen-bond acceptors (Lipinski definition) is 11. The first kappa shape index (κ1) is 30.3. The lowest BCUT2D eigenvalue weighted by atomic mass is 10.0. The van der Waals surface area contributed by atoms with Crippen LogP contribution >= 0.6 is 11.6 Å². The molecular formula is C33H40ClN11O. The third-order valence-corrected chi connectivity index (χ3v) is 9.41. The summed E-state index contributed by atoms with van der Waals surface area (Å²) in [5.41, 5.74) is 5.76. The van der Waals surface area contributed by atoms with E-state index in [2.05, 4.69) is 47.3 Å². The molecule has 7 rings (SSSR count). The molecule has 0 amide bonds. The Kier molecular flexibility index (Phi) is 8.41. The van der Waals surface area contributed by atoms with E-state index in [1.54, 1.807) is 19.5 Å². The molecule has 2 aliphatic rings. The summed E-state index contributed by atoms with van der Waals surface area (Å²) in [7, 11) is 7.86. The summed E-state index contributed by atoms with van der Waals surface area (Å²) < 4.78 is 5.85. The van der Waals surface area contributed by atoms with Crippen LogP contribution in [0.4, 0.5) is 34.5 Å². The van der Waals surface area contributed by atoms with Crippen LogP contribution in [0.25, 0.3) is 22.1 Å². The van der Waals surface area contributed by atoms with Gasteiger partial charge in [0, 0.05) is 84.1 Å². The standard InChI is InChI=1S/C33H40ClN11O/c1-42(2)30-25(6-5-24-29(30)36-12-11-35-24)38-32-22-7-10-37-31(22)40-33(41-32)39-26-19-23(34)27(20-28(26)46-4)45-13-8-21(9-14-45)44-17-15-43(3)16-18-44/h5-7,10-12,19-21H,8-9,13-18H2,1-4H3,(H3,37,38,39,40,41). The minimum absolute atomic E-state index is 0.402. The van der Waals surface area contributed by atoms with Crippen LogP contribution in [0.1, 0.15) is 12.8 Å². The van der Waals surface area contributed by atoms with Gasteiger partial charge < -0.3 is 35.1 Å². The maximum atomic E-state index is 6.94. The third-order valence-electron chi connectivity index (χ3n) is 9.10. The van der Waals surface area contributed by atoms with Crippen LogP contribution in [0.3, 0.4) is 0 Å². The Morgan fingerprint density at radius 3 is 2.48 bits per heavy atom. The molecule has 5 heterocycles. The van der Waals surface area contributed by atoms with Crippen molar-refractivity contribution in [3.8, 4) is 5.75 Å². The van der Waals surface area contributed by atoms with Gasteiger partial charge in [-0.1, -0.05) is 11.6 Å². The first-order chi connectivity index (χ1) is 22.4. The Morgan fingerprint density at radius 1 is 0.935 bits per heavy atom. The van der Waals surface area contributed by atoms with Gasteiger partial charge in [0.1, 0.15) is 22.7 Å². The zero-order valence-electron chi connectivity index (χ0n) is 26.7. The minimum atomic E-state index is 0.402. The fraction of sp³-hybridized carbons (Fsp3) is 0.394. The molecular weight excluding hydrogens is 602 g/mol. The summed E-state index contributed by atoms with van der Waals surface area (Å²) in [5.74, 6) is 1.72. The average Bonchev–Trinajstić information content (AvgIpc) is 3.54. The maximum absolute atomic E-state index is 6.94. The van der Waals surface area contributed by atoms with Crippen molar-refractivity contribution in [2.24, 2.45) is 0 Å². The van der Waals surface area contributed by atoms with Gasteiger partial charge in [-0.25, -0.2) is 0 Å². The van der Waals surface area contributed by atoms with Crippen molar-refractivity contribution in [3.05, 3.63) is 53.9 Å². The highest BCUT2D eigenvalue weighted by Crippen LogP contribution is 2.40. The average molecular weight is 642 g/mol. The minimum Gasteiger partial charge on any atom is -0.494 e. The van der Waals surface area contributed by atoms with E-state index in [1.165, 1.54) is 0 Å². The number of piperidine rings is 1. The molecule has 0 atom stereocenters. The van der Waals surface area contributed by atoms with Crippen LogP contribution in [0, 0.1) is 0 Å². The van der Waals surface area contributed by atoms with Gasteiger partial charge in [-0.2, -0.15) is 9.97 Å². The second-order valence-electron chi connectivity index (χ2n) is 12.2. The molecule has 0 spiro atoms. The van der Waals surface area contributed by atoms with E-state index in [-0.39, 0.29) is 0 Å². The molecule has 0 unspecified atom stereocenters. The Morgan fingerprint density at radius 2 is 1.72 bits per heavy atom. The van der Waals surface area contributed by atoms with Crippen molar-refractivity contribution in [2.45, 2.75) is 18.9 Å². The largest absolute Gasteiger partial charge is 0.494 e. The Labute approximate surface area is 273 Å². The van der Waals surface area contributed by atoms with E-state index in [4.69, 9.17) is 26.3 Å². The molecule has 0 aliphatic carbocycles. The predicted octanol–water partition coefficient (Wildman–Crippen LogP) is 5.33. The Balaban J connectivity index is 1.13. The van der Waals surface area contributed by atoms with E-state index >= 15 is 0 Å². The number of H-pyrrole nitrogens is 1. The van der Waals surface area contributed by atoms with Gasteiger partial charge in [0.2, 0.25) is 5.95 Å². The topological polar surface area (TPSA) is 114 Å². The molecule has 2 saturated heterocycles. The van der Waals surface area contributed by atoms with Gasteiger partial charge in [0.25, 0.3) is 0 Å². The molecule has 0 saturated carbocycles. The number of likely N-dealkylation sites (N-methyl/N-ethyl adjacent to an activating group) is 1. The molecule has 240 valence electrons. The number of hydrogen-bond donors (Lipinski definition) is 3. The predicted molar refractivity (Wildman–Crippen MR) is 187 cm³/mol. The molecule has 2 aliphatic heterocycles. The summed E-state index contributed by atoms with van der Waals surface area (Å²) in [6.07, 6.45) is 7.51. The zero-order chi connectivity index (χ0) is 31.8. The highest BCUT2D eigenvalue weighted by atomic mass is 35.5. The molecule has 0 radical (unpaired) electrons. The van der Waals surface area contributed by atoms with Crippen LogP contribution < -0.4 is 25.2 Å². The number of benzene rings is 2. The second kappa shape index (κ2) is 12.8. The number of methoxy groups -OCH3 is 1. The summed E-state index contributed by atoms with van der Waals surface area (Å²) >= 11 is 6.94. The fourth-order valence-corrected chi connectivity index (χ4v) is 6.91. The maximum Gasteiger partial charge on any atom is 0.231 e. The zero-order valence-corrected chi connectivity index (χ0v) is 27.5. The van der Waals surface area contributed by atoms with E-state index in [1.807, 2.05) is 55.5 Å². The van der Waals surface area contributed by atoms with E-state index < -0.39 is 0 Å². The van der Waals surface area contributed by atoms with Gasteiger partial charge in [-0.3, -0.25) is 14.9 Å². The van der Waals surface area contributed by atoms with Crippen molar-refractivity contribution in [1.29, 1.82) is 0 Å². The molecule has 12 nitrogen and oxygen atoms in total. The highest BCUT2D eigenvalue weighted by molar-refractivity contribution is 6.33. The van der Waals surface area contributed by atoms with Crippen LogP contribution in [-0.4, -0.2) is 108 Å². The van der Waals surface area contributed by atoms with Crippen LogP contribution in [0.2, 0.25) is 5.02 Å². The normalized spacial score (nSPS) is 16.7. The highest BCUT2D eigenvalue weighted by Gasteiger charge is 2.28. The number of nitrogens with zero attached hydrogens (tertiary/aromatic N) is 8. The number of piperazine rings is 1. The number of halogens is 1. The van der Waals surface area contributed by atoms with Gasteiger partial charge in [0.15, 0.2) is 0 Å². The molecule has 5 aromatic rings. The number of aromatic nitrogens is 5. The first-order valence-electron chi connectivity index (χ1n) is 15.7. The van der Waals surface area contributed by atoms with E-state index in [9.17, 15) is 0 Å². The monoisotopic (exact) mass is 641 g/mol. The summed E-state index contributed by atoms with van der Waals surface area (Å²) in [4.78, 5) is 31.4. The number of anilines is 6. The summed E-state index contributed by atoms with van der Waals surface area (Å²) in [6, 6.07) is 10.5. The SMILES string of the molecule is COc1cc(N2CCC(N3CCN(C)CC3)CC2)c(Cl)cc1Nc1nc(Nc2ccc3nccnc3c2N(C)C)c2cc[nH]c2n1. The van der Waals surface area contributed by atoms with Crippen molar-refractivity contribution in [1.82, 2.24) is 34.7 Å². The molecule has 46 heavy (non-hydrogen) atoms. The van der Waals surface area contributed by atoms with Crippen LogP contribution in [-0.2, 0) is 0 Å². The molecule has 2 fully saturated rings. The van der Waals surface area contributed by atoms with Gasteiger partial charge in [-0.05, 0) is 44.2 Å². The number of fused-ring (bicyclic) bond motifs is 2.